The van der Waals surface area contributed by atoms with Gasteiger partial charge in [0.05, 0.1) is 21.9 Å². The highest BCUT2D eigenvalue weighted by molar-refractivity contribution is 9.10. The molecule has 0 saturated heterocycles. The second-order valence-corrected chi connectivity index (χ2v) is 8.61. The van der Waals surface area contributed by atoms with Crippen molar-refractivity contribution in [1.82, 2.24) is 0 Å². The lowest BCUT2D eigenvalue weighted by Gasteiger charge is -2.30. The molecule has 150 valence electrons. The number of halogens is 2. The molecule has 1 aliphatic carbocycles. The van der Waals surface area contributed by atoms with E-state index in [1.54, 1.807) is 12.1 Å². The molecule has 2 aliphatic rings. The van der Waals surface area contributed by atoms with Crippen molar-refractivity contribution in [3.63, 3.8) is 0 Å². The average Bonchev–Trinajstić information content (AvgIpc) is 2.93. The third-order valence-corrected chi connectivity index (χ3v) is 6.46. The summed E-state index contributed by atoms with van der Waals surface area (Å²) in [5.74, 6) is -0.0709. The third-order valence-electron chi connectivity index (χ3n) is 5.86. The highest BCUT2D eigenvalue weighted by atomic mass is 79.9. The van der Waals surface area contributed by atoms with Gasteiger partial charge in [-0.1, -0.05) is 48.5 Å². The van der Waals surface area contributed by atoms with Gasteiger partial charge in [0.15, 0.2) is 5.78 Å². The van der Waals surface area contributed by atoms with Gasteiger partial charge in [0.25, 0.3) is 0 Å². The fourth-order valence-electron chi connectivity index (χ4n) is 4.40. The van der Waals surface area contributed by atoms with Crippen molar-refractivity contribution in [3.8, 4) is 0 Å². The molecule has 0 aromatic heterocycles. The third kappa shape index (κ3) is 3.43. The van der Waals surface area contributed by atoms with Crippen LogP contribution < -0.4 is 10.6 Å². The number of fused-ring (bicyclic) bond motifs is 1. The van der Waals surface area contributed by atoms with E-state index >= 15 is 0 Å². The summed E-state index contributed by atoms with van der Waals surface area (Å²) in [6.45, 7) is 0. The van der Waals surface area contributed by atoms with Crippen molar-refractivity contribution >= 4 is 33.1 Å². The van der Waals surface area contributed by atoms with E-state index in [4.69, 9.17) is 0 Å². The summed E-state index contributed by atoms with van der Waals surface area (Å²) in [4.78, 5) is 13.4. The molecule has 5 heteroatoms. The Labute approximate surface area is 183 Å². The SMILES string of the molecule is O=C1C[C@H](c2ccccc2)CC2=C1[C@H](c1ccc(F)c(Br)c1)Nc1ccccc1N2. The van der Waals surface area contributed by atoms with Gasteiger partial charge in [-0.05, 0) is 63.7 Å². The van der Waals surface area contributed by atoms with E-state index < -0.39 is 0 Å². The number of anilines is 2. The molecule has 30 heavy (non-hydrogen) atoms. The fraction of sp³-hybridized carbons (Fsp3) is 0.160. The van der Waals surface area contributed by atoms with Gasteiger partial charge in [-0.2, -0.15) is 0 Å². The highest BCUT2D eigenvalue weighted by Gasteiger charge is 2.36. The summed E-state index contributed by atoms with van der Waals surface area (Å²) in [6.07, 6.45) is 1.21. The molecule has 0 amide bonds. The molecule has 0 unspecified atom stereocenters. The zero-order chi connectivity index (χ0) is 20.7. The number of hydrogen-bond donors (Lipinski definition) is 2. The average molecular weight is 463 g/mol. The molecule has 2 atom stereocenters. The molecular formula is C25H20BrFN2O. The monoisotopic (exact) mass is 462 g/mol. The fourth-order valence-corrected chi connectivity index (χ4v) is 4.79. The smallest absolute Gasteiger partial charge is 0.163 e. The molecule has 3 aromatic carbocycles. The second-order valence-electron chi connectivity index (χ2n) is 7.75. The minimum atomic E-state index is -0.350. The van der Waals surface area contributed by atoms with Crippen molar-refractivity contribution in [2.24, 2.45) is 0 Å². The molecule has 1 aliphatic heterocycles. The van der Waals surface area contributed by atoms with Crippen molar-refractivity contribution in [2.75, 3.05) is 10.6 Å². The molecule has 1 heterocycles. The Balaban J connectivity index is 1.63. The molecular weight excluding hydrogens is 443 g/mol. The first-order valence-corrected chi connectivity index (χ1v) is 10.8. The molecule has 5 rings (SSSR count). The van der Waals surface area contributed by atoms with Crippen molar-refractivity contribution < 1.29 is 9.18 Å². The van der Waals surface area contributed by atoms with Gasteiger partial charge < -0.3 is 10.6 Å². The summed E-state index contributed by atoms with van der Waals surface area (Å²) in [7, 11) is 0. The quantitative estimate of drug-likeness (QED) is 0.452. The molecule has 0 radical (unpaired) electrons. The highest BCUT2D eigenvalue weighted by Crippen LogP contribution is 2.44. The van der Waals surface area contributed by atoms with Crippen LogP contribution in [0.4, 0.5) is 15.8 Å². The Hall–Kier alpha value is -2.92. The maximum atomic E-state index is 13.9. The summed E-state index contributed by atoms with van der Waals surface area (Å²) in [6, 6.07) is 22.7. The molecule has 0 bridgehead atoms. The van der Waals surface area contributed by atoms with E-state index in [0.717, 1.165) is 34.6 Å². The molecule has 0 spiro atoms. The van der Waals surface area contributed by atoms with Gasteiger partial charge in [-0.25, -0.2) is 4.39 Å². The predicted molar refractivity (Wildman–Crippen MR) is 121 cm³/mol. The topological polar surface area (TPSA) is 41.1 Å². The van der Waals surface area contributed by atoms with E-state index in [2.05, 4.69) is 38.7 Å². The summed E-state index contributed by atoms with van der Waals surface area (Å²) < 4.78 is 14.3. The number of Topliss-reactive ketones (excluding diaryl/α,β-unsaturated/α-hetero) is 1. The first-order valence-electron chi connectivity index (χ1n) is 9.99. The number of allylic oxidation sites excluding steroid dienone is 1. The number of para-hydroxylation sites is 2. The Morgan fingerprint density at radius 2 is 1.60 bits per heavy atom. The summed E-state index contributed by atoms with van der Waals surface area (Å²) >= 11 is 3.29. The van der Waals surface area contributed by atoms with Crippen LogP contribution in [0.25, 0.3) is 0 Å². The van der Waals surface area contributed by atoms with Crippen LogP contribution in [0.5, 0.6) is 0 Å². The Morgan fingerprint density at radius 3 is 2.37 bits per heavy atom. The second kappa shape index (κ2) is 7.73. The van der Waals surface area contributed by atoms with Gasteiger partial charge in [-0.3, -0.25) is 4.79 Å². The predicted octanol–water partition coefficient (Wildman–Crippen LogP) is 6.57. The molecule has 3 aromatic rings. The number of carbonyl (C=O) groups is 1. The summed E-state index contributed by atoms with van der Waals surface area (Å²) in [5, 5.41) is 7.05. The minimum absolute atomic E-state index is 0.114. The van der Waals surface area contributed by atoms with Crippen LogP contribution in [-0.2, 0) is 4.79 Å². The van der Waals surface area contributed by atoms with Crippen LogP contribution in [0.3, 0.4) is 0 Å². The number of hydrogen-bond acceptors (Lipinski definition) is 3. The normalized spacial score (nSPS) is 20.5. The first-order chi connectivity index (χ1) is 14.6. The van der Waals surface area contributed by atoms with Crippen LogP contribution in [0, 0.1) is 5.82 Å². The standard InChI is InChI=1S/C25H20BrFN2O/c26-18-12-16(10-11-19(18)27)25-24-22(28-20-8-4-5-9-21(20)29-25)13-17(14-23(24)30)15-6-2-1-3-7-15/h1-12,17,25,28-29H,13-14H2/t17-,25+/m1/s1. The van der Waals surface area contributed by atoms with Crippen molar-refractivity contribution in [3.05, 3.63) is 105 Å². The van der Waals surface area contributed by atoms with E-state index in [1.807, 2.05) is 42.5 Å². The number of benzene rings is 3. The van der Waals surface area contributed by atoms with Gasteiger partial charge in [0.2, 0.25) is 0 Å². The van der Waals surface area contributed by atoms with E-state index in [9.17, 15) is 9.18 Å². The Kier molecular flexibility index (Phi) is 4.91. The maximum Gasteiger partial charge on any atom is 0.163 e. The first kappa shape index (κ1) is 19.1. The minimum Gasteiger partial charge on any atom is -0.372 e. The lowest BCUT2D eigenvalue weighted by Crippen LogP contribution is -2.26. The molecule has 3 nitrogen and oxygen atoms in total. The molecule has 2 N–H and O–H groups in total. The number of ketones is 1. The Morgan fingerprint density at radius 1 is 0.867 bits per heavy atom. The zero-order valence-corrected chi connectivity index (χ0v) is 17.7. The van der Waals surface area contributed by atoms with Crippen LogP contribution >= 0.6 is 15.9 Å². The van der Waals surface area contributed by atoms with E-state index in [1.165, 1.54) is 11.6 Å². The van der Waals surface area contributed by atoms with Crippen molar-refractivity contribution in [1.29, 1.82) is 0 Å². The zero-order valence-electron chi connectivity index (χ0n) is 16.2. The summed E-state index contributed by atoms with van der Waals surface area (Å²) in [5.41, 5.74) is 5.54. The largest absolute Gasteiger partial charge is 0.372 e. The van der Waals surface area contributed by atoms with Crippen LogP contribution in [0.1, 0.15) is 35.9 Å². The van der Waals surface area contributed by atoms with Gasteiger partial charge in [0, 0.05) is 17.7 Å². The van der Waals surface area contributed by atoms with Crippen LogP contribution in [-0.4, -0.2) is 5.78 Å². The van der Waals surface area contributed by atoms with Crippen molar-refractivity contribution in [2.45, 2.75) is 24.8 Å². The maximum absolute atomic E-state index is 13.9. The van der Waals surface area contributed by atoms with Crippen LogP contribution in [0.15, 0.2) is 88.5 Å². The number of carbonyl (C=O) groups excluding carboxylic acids is 1. The van der Waals surface area contributed by atoms with Crippen LogP contribution in [0.2, 0.25) is 0 Å². The van der Waals surface area contributed by atoms with Gasteiger partial charge in [-0.15, -0.1) is 0 Å². The lowest BCUT2D eigenvalue weighted by molar-refractivity contribution is -0.116. The van der Waals surface area contributed by atoms with E-state index in [0.29, 0.717) is 10.9 Å². The number of rotatable bonds is 2. The van der Waals surface area contributed by atoms with E-state index in [-0.39, 0.29) is 23.6 Å². The Bertz CT molecular complexity index is 1160. The lowest BCUT2D eigenvalue weighted by atomic mass is 9.78. The van der Waals surface area contributed by atoms with Gasteiger partial charge in [0.1, 0.15) is 5.82 Å². The molecule has 0 fully saturated rings. The molecule has 0 saturated carbocycles. The van der Waals surface area contributed by atoms with Gasteiger partial charge >= 0.3 is 0 Å². The number of nitrogens with one attached hydrogen (secondary N) is 2.